The van der Waals surface area contributed by atoms with Crippen LogP contribution in [-0.2, 0) is 6.54 Å². The summed E-state index contributed by atoms with van der Waals surface area (Å²) in [5, 5.41) is 16.1. The number of nitrogens with one attached hydrogen (secondary N) is 1. The van der Waals surface area contributed by atoms with Crippen LogP contribution in [0.5, 0.6) is 0 Å². The first-order valence-corrected chi connectivity index (χ1v) is 7.71. The van der Waals surface area contributed by atoms with Crippen LogP contribution in [0.2, 0.25) is 0 Å². The molecule has 0 aromatic carbocycles. The summed E-state index contributed by atoms with van der Waals surface area (Å²) in [5.41, 5.74) is 1.00. The van der Waals surface area contributed by atoms with E-state index in [2.05, 4.69) is 17.1 Å². The monoisotopic (exact) mass is 283 g/mol. The topological polar surface area (TPSA) is 58.4 Å². The van der Waals surface area contributed by atoms with E-state index < -0.39 is 0 Å². The normalized spacial score (nSPS) is 18.4. The molecule has 1 fully saturated rings. The summed E-state index contributed by atoms with van der Waals surface area (Å²) in [6, 6.07) is 2.19. The predicted molar refractivity (Wildman–Crippen MR) is 77.6 cm³/mol. The summed E-state index contributed by atoms with van der Waals surface area (Å²) in [6.45, 7) is 6.29. The van der Waals surface area contributed by atoms with Crippen molar-refractivity contribution in [2.75, 3.05) is 19.6 Å². The molecule has 106 valence electrons. The van der Waals surface area contributed by atoms with E-state index in [1.165, 1.54) is 43.7 Å². The summed E-state index contributed by atoms with van der Waals surface area (Å²) in [5.74, 6) is 0. The molecule has 0 radical (unpaired) electrons. The van der Waals surface area contributed by atoms with Crippen LogP contribution < -0.4 is 5.32 Å². The van der Waals surface area contributed by atoms with Gasteiger partial charge in [-0.05, 0) is 38.4 Å². The number of hydrogen-bond donors (Lipinski definition) is 1. The number of piperidine rings is 1. The number of likely N-dealkylation sites (tertiary alicyclic amines) is 1. The summed E-state index contributed by atoms with van der Waals surface area (Å²) in [6.07, 6.45) is 3.97. The first-order valence-electron chi connectivity index (χ1n) is 6.83. The van der Waals surface area contributed by atoms with Crippen molar-refractivity contribution in [3.63, 3.8) is 0 Å². The predicted octanol–water partition coefficient (Wildman–Crippen LogP) is 2.62. The first kappa shape index (κ1) is 14.4. The lowest BCUT2D eigenvalue weighted by Gasteiger charge is -2.32. The summed E-state index contributed by atoms with van der Waals surface area (Å²) < 4.78 is 0. The van der Waals surface area contributed by atoms with Gasteiger partial charge in [-0.3, -0.25) is 15.0 Å². The SMILES string of the molecule is CC(CNCc1csc([N+](=O)[O-])c1)N1CCCCC1. The quantitative estimate of drug-likeness (QED) is 0.644. The molecule has 1 aromatic heterocycles. The molecule has 0 saturated carbocycles. The highest BCUT2D eigenvalue weighted by molar-refractivity contribution is 7.13. The molecule has 6 heteroatoms. The van der Waals surface area contributed by atoms with Gasteiger partial charge in [-0.1, -0.05) is 17.8 Å². The molecular formula is C13H21N3O2S. The summed E-state index contributed by atoms with van der Waals surface area (Å²) in [4.78, 5) is 12.8. The van der Waals surface area contributed by atoms with Crippen LogP contribution in [0, 0.1) is 10.1 Å². The Morgan fingerprint density at radius 3 is 2.84 bits per heavy atom. The van der Waals surface area contributed by atoms with E-state index >= 15 is 0 Å². The van der Waals surface area contributed by atoms with Gasteiger partial charge < -0.3 is 5.32 Å². The molecule has 1 atom stereocenters. The van der Waals surface area contributed by atoms with E-state index in [9.17, 15) is 10.1 Å². The molecule has 0 aliphatic carbocycles. The van der Waals surface area contributed by atoms with Crippen molar-refractivity contribution in [1.29, 1.82) is 0 Å². The van der Waals surface area contributed by atoms with Crippen molar-refractivity contribution < 1.29 is 4.92 Å². The largest absolute Gasteiger partial charge is 0.324 e. The van der Waals surface area contributed by atoms with Crippen LogP contribution in [0.1, 0.15) is 31.7 Å². The number of rotatable bonds is 6. The van der Waals surface area contributed by atoms with Crippen LogP contribution in [0.3, 0.4) is 0 Å². The molecule has 1 N–H and O–H groups in total. The van der Waals surface area contributed by atoms with Crippen molar-refractivity contribution in [1.82, 2.24) is 10.2 Å². The van der Waals surface area contributed by atoms with Gasteiger partial charge in [0, 0.05) is 30.6 Å². The Balaban J connectivity index is 1.71. The van der Waals surface area contributed by atoms with Crippen LogP contribution in [0.4, 0.5) is 5.00 Å². The molecule has 1 saturated heterocycles. The van der Waals surface area contributed by atoms with E-state index in [0.29, 0.717) is 12.6 Å². The molecule has 1 unspecified atom stereocenters. The lowest BCUT2D eigenvalue weighted by molar-refractivity contribution is -0.380. The molecule has 1 aromatic rings. The molecule has 0 amide bonds. The first-order chi connectivity index (χ1) is 9.16. The van der Waals surface area contributed by atoms with Gasteiger partial charge in [0.05, 0.1) is 4.92 Å². The second-order valence-corrected chi connectivity index (χ2v) is 6.02. The zero-order valence-electron chi connectivity index (χ0n) is 11.3. The highest BCUT2D eigenvalue weighted by atomic mass is 32.1. The minimum Gasteiger partial charge on any atom is -0.311 e. The van der Waals surface area contributed by atoms with Gasteiger partial charge in [0.25, 0.3) is 0 Å². The highest BCUT2D eigenvalue weighted by Gasteiger charge is 2.16. The van der Waals surface area contributed by atoms with E-state index in [0.717, 1.165) is 12.1 Å². The minimum atomic E-state index is -0.329. The number of nitrogens with zero attached hydrogens (tertiary/aromatic N) is 2. The summed E-state index contributed by atoms with van der Waals surface area (Å²) >= 11 is 1.20. The number of hydrogen-bond acceptors (Lipinski definition) is 5. The lowest BCUT2D eigenvalue weighted by atomic mass is 10.1. The number of thiophene rings is 1. The van der Waals surface area contributed by atoms with E-state index in [1.54, 1.807) is 6.07 Å². The third-order valence-electron chi connectivity index (χ3n) is 3.60. The van der Waals surface area contributed by atoms with Crippen LogP contribution >= 0.6 is 11.3 Å². The van der Waals surface area contributed by atoms with Gasteiger partial charge in [0.1, 0.15) is 0 Å². The lowest BCUT2D eigenvalue weighted by Crippen LogP contribution is -2.42. The van der Waals surface area contributed by atoms with Crippen LogP contribution in [0.15, 0.2) is 11.4 Å². The third kappa shape index (κ3) is 4.26. The van der Waals surface area contributed by atoms with Gasteiger partial charge in [-0.15, -0.1) is 0 Å². The Morgan fingerprint density at radius 1 is 1.47 bits per heavy atom. The Hall–Kier alpha value is -0.980. The standard InChI is InChI=1S/C13H21N3O2S/c1-11(15-5-3-2-4-6-15)8-14-9-12-7-13(16(17)18)19-10-12/h7,10-11,14H,2-6,8-9H2,1H3. The van der Waals surface area contributed by atoms with Gasteiger partial charge in [-0.25, -0.2) is 0 Å². The van der Waals surface area contributed by atoms with Crippen molar-refractivity contribution in [2.45, 2.75) is 38.8 Å². The van der Waals surface area contributed by atoms with Gasteiger partial charge in [-0.2, -0.15) is 0 Å². The van der Waals surface area contributed by atoms with Crippen molar-refractivity contribution in [3.8, 4) is 0 Å². The zero-order chi connectivity index (χ0) is 13.7. The molecule has 0 bridgehead atoms. The van der Waals surface area contributed by atoms with Gasteiger partial charge >= 0.3 is 5.00 Å². The van der Waals surface area contributed by atoms with E-state index in [4.69, 9.17) is 0 Å². The van der Waals surface area contributed by atoms with Gasteiger partial charge in [0.15, 0.2) is 0 Å². The van der Waals surface area contributed by atoms with Crippen molar-refractivity contribution in [2.24, 2.45) is 0 Å². The molecule has 1 aliphatic rings. The molecule has 5 nitrogen and oxygen atoms in total. The van der Waals surface area contributed by atoms with Gasteiger partial charge in [0.2, 0.25) is 0 Å². The zero-order valence-corrected chi connectivity index (χ0v) is 12.1. The Morgan fingerprint density at radius 2 is 2.21 bits per heavy atom. The fourth-order valence-electron chi connectivity index (χ4n) is 2.46. The average Bonchev–Trinajstić information content (AvgIpc) is 2.89. The fourth-order valence-corrected chi connectivity index (χ4v) is 3.19. The fraction of sp³-hybridized carbons (Fsp3) is 0.692. The molecule has 2 rings (SSSR count). The third-order valence-corrected chi connectivity index (χ3v) is 4.53. The molecule has 19 heavy (non-hydrogen) atoms. The number of nitro groups is 1. The van der Waals surface area contributed by atoms with Crippen molar-refractivity contribution in [3.05, 3.63) is 27.1 Å². The molecule has 0 spiro atoms. The second kappa shape index (κ2) is 6.98. The average molecular weight is 283 g/mol. The van der Waals surface area contributed by atoms with E-state index in [-0.39, 0.29) is 9.92 Å². The maximum atomic E-state index is 10.6. The Labute approximate surface area is 117 Å². The highest BCUT2D eigenvalue weighted by Crippen LogP contribution is 2.22. The molecular weight excluding hydrogens is 262 g/mol. The maximum Gasteiger partial charge on any atom is 0.324 e. The smallest absolute Gasteiger partial charge is 0.311 e. The van der Waals surface area contributed by atoms with Crippen LogP contribution in [0.25, 0.3) is 0 Å². The Bertz CT molecular complexity index is 416. The van der Waals surface area contributed by atoms with Crippen molar-refractivity contribution >= 4 is 16.3 Å². The van der Waals surface area contributed by atoms with Crippen LogP contribution in [-0.4, -0.2) is 35.5 Å². The minimum absolute atomic E-state index is 0.223. The molecule has 1 aliphatic heterocycles. The van der Waals surface area contributed by atoms with E-state index in [1.807, 2.05) is 5.38 Å². The maximum absolute atomic E-state index is 10.6. The second-order valence-electron chi connectivity index (χ2n) is 5.13. The Kier molecular flexibility index (Phi) is 5.30. The molecule has 2 heterocycles. The summed E-state index contributed by atoms with van der Waals surface area (Å²) in [7, 11) is 0.